The lowest BCUT2D eigenvalue weighted by Gasteiger charge is -2.26. The molecule has 1 aliphatic carbocycles. The van der Waals surface area contributed by atoms with Crippen molar-refractivity contribution in [2.75, 3.05) is 0 Å². The van der Waals surface area contributed by atoms with E-state index in [-0.39, 0.29) is 24.2 Å². The zero-order valence-electron chi connectivity index (χ0n) is 13.8. The highest BCUT2D eigenvalue weighted by Crippen LogP contribution is 2.26. The first kappa shape index (κ1) is 16.2. The fourth-order valence-corrected chi connectivity index (χ4v) is 4.22. The molecule has 3 rings (SSSR count). The lowest BCUT2D eigenvalue weighted by atomic mass is 9.89. The van der Waals surface area contributed by atoms with E-state index >= 15 is 0 Å². The third-order valence-electron chi connectivity index (χ3n) is 4.64. The Labute approximate surface area is 139 Å². The van der Waals surface area contributed by atoms with Crippen LogP contribution in [0.4, 0.5) is 0 Å². The van der Waals surface area contributed by atoms with Gasteiger partial charge in [-0.1, -0.05) is 13.3 Å². The average molecular weight is 334 g/mol. The van der Waals surface area contributed by atoms with Gasteiger partial charge in [0.2, 0.25) is 0 Å². The lowest BCUT2D eigenvalue weighted by Crippen LogP contribution is -2.30. The van der Waals surface area contributed by atoms with Gasteiger partial charge in [-0.25, -0.2) is 4.98 Å². The summed E-state index contributed by atoms with van der Waals surface area (Å²) < 4.78 is 6.90. The van der Waals surface area contributed by atoms with Crippen molar-refractivity contribution in [2.24, 2.45) is 5.92 Å². The minimum atomic E-state index is -0.350. The van der Waals surface area contributed by atoms with E-state index in [1.165, 1.54) is 28.7 Å². The van der Waals surface area contributed by atoms with Crippen molar-refractivity contribution in [3.63, 3.8) is 0 Å². The zero-order chi connectivity index (χ0) is 16.6. The predicted molar refractivity (Wildman–Crippen MR) is 90.9 cm³/mol. The number of aryl methyl sites for hydroxylation is 2. The normalized spacial score (nSPS) is 21.5. The Bertz CT molecular complexity index is 793. The maximum absolute atomic E-state index is 12.6. The summed E-state index contributed by atoms with van der Waals surface area (Å²) in [6.07, 6.45) is 5.57. The number of fused-ring (bicyclic) bond motifs is 1. The fraction of sp³-hybridized carbons (Fsp3) is 0.588. The highest BCUT2D eigenvalue weighted by atomic mass is 32.1. The average Bonchev–Trinajstić information content (AvgIpc) is 2.78. The van der Waals surface area contributed by atoms with Crippen LogP contribution in [0.25, 0.3) is 10.2 Å². The molecular weight excluding hydrogens is 312 g/mol. The van der Waals surface area contributed by atoms with Crippen LogP contribution in [0.1, 0.15) is 43.0 Å². The Kier molecular flexibility index (Phi) is 4.53. The van der Waals surface area contributed by atoms with Crippen LogP contribution in [-0.2, 0) is 16.1 Å². The predicted octanol–water partition coefficient (Wildman–Crippen LogP) is 3.20. The SMILES string of the molecule is Cc1sc2ncn(CC(=O)O[C@H]3CCC[C@@H](C)C3)c(=O)c2c1C. The van der Waals surface area contributed by atoms with E-state index in [4.69, 9.17) is 4.74 Å². The number of hydrogen-bond acceptors (Lipinski definition) is 5. The Balaban J connectivity index is 1.76. The Morgan fingerprint density at radius 1 is 1.43 bits per heavy atom. The summed E-state index contributed by atoms with van der Waals surface area (Å²) in [6.45, 7) is 6.01. The molecule has 0 bridgehead atoms. The Morgan fingerprint density at radius 3 is 2.96 bits per heavy atom. The van der Waals surface area contributed by atoms with Crippen molar-refractivity contribution in [2.45, 2.75) is 59.1 Å². The van der Waals surface area contributed by atoms with Crippen LogP contribution in [0.3, 0.4) is 0 Å². The largest absolute Gasteiger partial charge is 0.461 e. The summed E-state index contributed by atoms with van der Waals surface area (Å²) in [5.41, 5.74) is 0.789. The molecule has 2 aromatic rings. The zero-order valence-corrected chi connectivity index (χ0v) is 14.6. The van der Waals surface area contributed by atoms with Crippen molar-refractivity contribution in [3.05, 3.63) is 27.1 Å². The number of esters is 1. The van der Waals surface area contributed by atoms with Crippen molar-refractivity contribution < 1.29 is 9.53 Å². The van der Waals surface area contributed by atoms with E-state index < -0.39 is 0 Å². The molecule has 0 aliphatic heterocycles. The summed E-state index contributed by atoms with van der Waals surface area (Å²) in [4.78, 5) is 30.8. The molecule has 2 atom stereocenters. The van der Waals surface area contributed by atoms with Gasteiger partial charge in [0.1, 0.15) is 17.5 Å². The molecule has 1 aliphatic rings. The number of rotatable bonds is 3. The molecule has 0 spiro atoms. The molecule has 6 heteroatoms. The molecule has 5 nitrogen and oxygen atoms in total. The van der Waals surface area contributed by atoms with Crippen LogP contribution in [0.2, 0.25) is 0 Å². The third-order valence-corrected chi connectivity index (χ3v) is 5.76. The van der Waals surface area contributed by atoms with Crippen LogP contribution in [-0.4, -0.2) is 21.6 Å². The maximum atomic E-state index is 12.6. The van der Waals surface area contributed by atoms with Gasteiger partial charge in [0, 0.05) is 4.88 Å². The van der Waals surface area contributed by atoms with Crippen molar-refractivity contribution >= 4 is 27.5 Å². The standard InChI is InChI=1S/C17H22N2O3S/c1-10-5-4-6-13(7-10)22-14(20)8-19-9-18-16-15(17(19)21)11(2)12(3)23-16/h9-10,13H,4-8H2,1-3H3/t10-,13+/m1/s1. The van der Waals surface area contributed by atoms with Gasteiger partial charge in [-0.3, -0.25) is 14.2 Å². The monoisotopic (exact) mass is 334 g/mol. The van der Waals surface area contributed by atoms with Gasteiger partial charge < -0.3 is 4.74 Å². The summed E-state index contributed by atoms with van der Waals surface area (Å²) in [5, 5.41) is 0.620. The van der Waals surface area contributed by atoms with Crippen LogP contribution >= 0.6 is 11.3 Å². The summed E-state index contributed by atoms with van der Waals surface area (Å²) >= 11 is 1.51. The number of carbonyl (C=O) groups is 1. The minimum Gasteiger partial charge on any atom is -0.461 e. The van der Waals surface area contributed by atoms with E-state index in [1.807, 2.05) is 13.8 Å². The highest BCUT2D eigenvalue weighted by Gasteiger charge is 2.22. The van der Waals surface area contributed by atoms with Gasteiger partial charge >= 0.3 is 5.97 Å². The highest BCUT2D eigenvalue weighted by molar-refractivity contribution is 7.18. The van der Waals surface area contributed by atoms with Crippen molar-refractivity contribution in [1.82, 2.24) is 9.55 Å². The second-order valence-electron chi connectivity index (χ2n) is 6.52. The number of carbonyl (C=O) groups excluding carboxylic acids is 1. The van der Waals surface area contributed by atoms with Gasteiger partial charge in [0.15, 0.2) is 0 Å². The van der Waals surface area contributed by atoms with Gasteiger partial charge in [0.05, 0.1) is 11.7 Å². The molecule has 0 amide bonds. The fourth-order valence-electron chi connectivity index (χ4n) is 3.23. The topological polar surface area (TPSA) is 61.2 Å². The van der Waals surface area contributed by atoms with Crippen molar-refractivity contribution in [1.29, 1.82) is 0 Å². The van der Waals surface area contributed by atoms with E-state index in [1.54, 1.807) is 0 Å². The summed E-state index contributed by atoms with van der Waals surface area (Å²) in [6, 6.07) is 0. The van der Waals surface area contributed by atoms with Crippen LogP contribution in [0, 0.1) is 19.8 Å². The number of thiophene rings is 1. The second-order valence-corrected chi connectivity index (χ2v) is 7.73. The molecule has 2 aromatic heterocycles. The lowest BCUT2D eigenvalue weighted by molar-refractivity contribution is -0.152. The summed E-state index contributed by atoms with van der Waals surface area (Å²) in [7, 11) is 0. The van der Waals surface area contributed by atoms with Gasteiger partial charge in [-0.2, -0.15) is 0 Å². The molecule has 0 unspecified atom stereocenters. The van der Waals surface area contributed by atoms with Gasteiger partial charge in [0.25, 0.3) is 5.56 Å². The van der Waals surface area contributed by atoms with Gasteiger partial charge in [-0.15, -0.1) is 11.3 Å². The molecule has 0 aromatic carbocycles. The first-order valence-corrected chi connectivity index (χ1v) is 8.92. The van der Waals surface area contributed by atoms with E-state index in [2.05, 4.69) is 11.9 Å². The minimum absolute atomic E-state index is 0.0104. The molecule has 1 saturated carbocycles. The molecule has 1 fully saturated rings. The second kappa shape index (κ2) is 6.43. The number of nitrogens with zero attached hydrogens (tertiary/aromatic N) is 2. The number of hydrogen-bond donors (Lipinski definition) is 0. The molecule has 0 saturated heterocycles. The molecular formula is C17H22N2O3S. The van der Waals surface area contributed by atoms with Gasteiger partial charge in [-0.05, 0) is 44.6 Å². The third kappa shape index (κ3) is 3.32. The Hall–Kier alpha value is -1.69. The maximum Gasteiger partial charge on any atom is 0.326 e. The molecule has 23 heavy (non-hydrogen) atoms. The number of ether oxygens (including phenoxy) is 1. The van der Waals surface area contributed by atoms with Crippen LogP contribution < -0.4 is 5.56 Å². The first-order valence-electron chi connectivity index (χ1n) is 8.10. The van der Waals surface area contributed by atoms with Crippen molar-refractivity contribution in [3.8, 4) is 0 Å². The quantitative estimate of drug-likeness (QED) is 0.809. The van der Waals surface area contributed by atoms with Crippen LogP contribution in [0.15, 0.2) is 11.1 Å². The smallest absolute Gasteiger partial charge is 0.326 e. The molecule has 2 heterocycles. The van der Waals surface area contributed by atoms with E-state index in [0.717, 1.165) is 34.5 Å². The van der Waals surface area contributed by atoms with Crippen LogP contribution in [0.5, 0.6) is 0 Å². The number of aromatic nitrogens is 2. The molecule has 0 N–H and O–H groups in total. The first-order chi connectivity index (χ1) is 11.0. The van der Waals surface area contributed by atoms with E-state index in [0.29, 0.717) is 11.3 Å². The molecule has 124 valence electrons. The van der Waals surface area contributed by atoms with E-state index in [9.17, 15) is 9.59 Å². The molecule has 0 radical (unpaired) electrons. The Morgan fingerprint density at radius 2 is 2.22 bits per heavy atom. The summed E-state index contributed by atoms with van der Waals surface area (Å²) in [5.74, 6) is 0.246.